The summed E-state index contributed by atoms with van der Waals surface area (Å²) in [5.41, 5.74) is 6.03. The number of carbonyl (C=O) groups is 2. The number of carbonyl (C=O) groups excluding carboxylic acids is 2. The van der Waals surface area contributed by atoms with Gasteiger partial charge in [-0.25, -0.2) is 0 Å². The van der Waals surface area contributed by atoms with Crippen molar-refractivity contribution in [1.29, 1.82) is 0 Å². The minimum atomic E-state index is -0.369. The Morgan fingerprint density at radius 3 is 2.29 bits per heavy atom. The van der Waals surface area contributed by atoms with Crippen molar-refractivity contribution >= 4 is 17.4 Å². The first kappa shape index (κ1) is 23.9. The highest BCUT2D eigenvalue weighted by atomic mass is 16.5. The van der Waals surface area contributed by atoms with Gasteiger partial charge in [-0.1, -0.05) is 0 Å². The smallest absolute Gasteiger partial charge is 0.257 e. The number of Topliss-reactive ketones (excluding diaryl/α,β-unsaturated/α-hetero) is 1. The van der Waals surface area contributed by atoms with Crippen LogP contribution in [0.3, 0.4) is 0 Å². The zero-order chi connectivity index (χ0) is 21.4. The molecule has 1 aromatic carbocycles. The highest BCUT2D eigenvalue weighted by molar-refractivity contribution is 5.99. The van der Waals surface area contributed by atoms with E-state index in [1.165, 1.54) is 6.92 Å². The molecule has 158 valence electrons. The molecule has 0 bridgehead atoms. The van der Waals surface area contributed by atoms with E-state index in [0.717, 1.165) is 0 Å². The number of nitrogens with one attached hydrogen (secondary N) is 1. The van der Waals surface area contributed by atoms with Gasteiger partial charge in [0.05, 0.1) is 24.4 Å². The third-order valence-corrected chi connectivity index (χ3v) is 3.93. The third kappa shape index (κ3) is 9.71. The van der Waals surface area contributed by atoms with Crippen LogP contribution in [0.4, 0.5) is 5.69 Å². The molecule has 0 aromatic heterocycles. The summed E-state index contributed by atoms with van der Waals surface area (Å²) in [7, 11) is 0. The Hall–Kier alpha value is -2.12. The van der Waals surface area contributed by atoms with E-state index in [0.29, 0.717) is 43.2 Å². The Bertz CT molecular complexity index is 665. The van der Waals surface area contributed by atoms with E-state index in [-0.39, 0.29) is 29.5 Å². The number of rotatable bonds is 11. The van der Waals surface area contributed by atoms with Crippen molar-refractivity contribution in [2.24, 2.45) is 0 Å². The van der Waals surface area contributed by atoms with Crippen LogP contribution in [0.1, 0.15) is 58.3 Å². The van der Waals surface area contributed by atoms with Crippen molar-refractivity contribution in [3.8, 4) is 5.75 Å². The number of benzene rings is 1. The molecule has 0 heterocycles. The lowest BCUT2D eigenvalue weighted by atomic mass is 10.1. The number of hydrogen-bond acceptors (Lipinski definition) is 6. The molecule has 7 heteroatoms. The Balaban J connectivity index is 2.29. The highest BCUT2D eigenvalue weighted by Gasteiger charge is 2.19. The van der Waals surface area contributed by atoms with Crippen LogP contribution in [0.15, 0.2) is 18.2 Å². The molecule has 0 saturated carbocycles. The molecule has 0 saturated heterocycles. The largest absolute Gasteiger partial charge is 0.484 e. The number of ether oxygens (including phenoxy) is 3. The van der Waals surface area contributed by atoms with Crippen molar-refractivity contribution < 1.29 is 23.8 Å². The molecule has 0 atom stereocenters. The summed E-state index contributed by atoms with van der Waals surface area (Å²) in [5.74, 6) is 0.0952. The molecule has 1 aromatic rings. The molecule has 7 nitrogen and oxygen atoms in total. The van der Waals surface area contributed by atoms with E-state index < -0.39 is 0 Å². The van der Waals surface area contributed by atoms with Crippen molar-refractivity contribution in [3.05, 3.63) is 23.8 Å². The van der Waals surface area contributed by atoms with Crippen LogP contribution in [-0.2, 0) is 14.3 Å². The molecule has 0 fully saturated rings. The van der Waals surface area contributed by atoms with Crippen molar-refractivity contribution in [1.82, 2.24) is 5.32 Å². The van der Waals surface area contributed by atoms with Crippen LogP contribution in [-0.4, -0.2) is 49.3 Å². The lowest BCUT2D eigenvalue weighted by Crippen LogP contribution is -2.36. The number of nitrogen functional groups attached to an aromatic ring is 1. The van der Waals surface area contributed by atoms with E-state index >= 15 is 0 Å². The first-order valence-corrected chi connectivity index (χ1v) is 9.47. The van der Waals surface area contributed by atoms with E-state index in [1.807, 2.05) is 34.6 Å². The summed E-state index contributed by atoms with van der Waals surface area (Å²) in [6.45, 7) is 12.8. The molecule has 0 radical (unpaired) electrons. The zero-order valence-electron chi connectivity index (χ0n) is 17.9. The molecular formula is C21H34N2O5. The lowest BCUT2D eigenvalue weighted by molar-refractivity contribution is -0.123. The van der Waals surface area contributed by atoms with Crippen LogP contribution in [0, 0.1) is 0 Å². The number of anilines is 1. The quantitative estimate of drug-likeness (QED) is 0.340. The Labute approximate surface area is 167 Å². The maximum atomic E-state index is 12.0. The summed E-state index contributed by atoms with van der Waals surface area (Å²) >= 11 is 0. The maximum absolute atomic E-state index is 12.0. The van der Waals surface area contributed by atoms with Gasteiger partial charge < -0.3 is 25.3 Å². The summed E-state index contributed by atoms with van der Waals surface area (Å²) in [6, 6.07) is 4.76. The monoisotopic (exact) mass is 394 g/mol. The third-order valence-electron chi connectivity index (χ3n) is 3.93. The van der Waals surface area contributed by atoms with Crippen LogP contribution < -0.4 is 15.8 Å². The summed E-state index contributed by atoms with van der Waals surface area (Å²) in [4.78, 5) is 23.3. The number of hydrogen-bond donors (Lipinski definition) is 2. The molecule has 0 aliphatic carbocycles. The van der Waals surface area contributed by atoms with Crippen molar-refractivity contribution in [3.63, 3.8) is 0 Å². The fourth-order valence-electron chi connectivity index (χ4n) is 2.39. The van der Waals surface area contributed by atoms with Gasteiger partial charge in [0.1, 0.15) is 5.75 Å². The van der Waals surface area contributed by atoms with Gasteiger partial charge in [-0.3, -0.25) is 9.59 Å². The molecule has 28 heavy (non-hydrogen) atoms. The van der Waals surface area contributed by atoms with Gasteiger partial charge >= 0.3 is 0 Å². The first-order valence-electron chi connectivity index (χ1n) is 9.47. The minimum absolute atomic E-state index is 0.114. The van der Waals surface area contributed by atoms with Gasteiger partial charge in [0.15, 0.2) is 12.4 Å². The molecule has 0 spiro atoms. The van der Waals surface area contributed by atoms with Crippen LogP contribution in [0.25, 0.3) is 0 Å². The van der Waals surface area contributed by atoms with Gasteiger partial charge in [-0.2, -0.15) is 0 Å². The number of nitrogens with two attached hydrogens (primary N) is 1. The molecule has 1 rings (SSSR count). The normalized spacial score (nSPS) is 11.9. The Morgan fingerprint density at radius 1 is 1.07 bits per heavy atom. The van der Waals surface area contributed by atoms with Gasteiger partial charge in [0.2, 0.25) is 0 Å². The molecular weight excluding hydrogens is 360 g/mol. The summed E-state index contributed by atoms with van der Waals surface area (Å²) in [5, 5.41) is 2.81. The average molecular weight is 395 g/mol. The summed E-state index contributed by atoms with van der Waals surface area (Å²) in [6.07, 6.45) is 0.661. The Kier molecular flexibility index (Phi) is 8.91. The van der Waals surface area contributed by atoms with E-state index in [9.17, 15) is 9.59 Å². The topological polar surface area (TPSA) is 99.9 Å². The molecule has 0 aliphatic heterocycles. The minimum Gasteiger partial charge on any atom is -0.484 e. The molecule has 3 N–H and O–H groups in total. The van der Waals surface area contributed by atoms with Gasteiger partial charge in [0.25, 0.3) is 5.91 Å². The van der Waals surface area contributed by atoms with Crippen LogP contribution in [0.5, 0.6) is 5.75 Å². The maximum Gasteiger partial charge on any atom is 0.257 e. The highest BCUT2D eigenvalue weighted by Crippen LogP contribution is 2.20. The first-order chi connectivity index (χ1) is 12.9. The lowest BCUT2D eigenvalue weighted by Gasteiger charge is -2.27. The standard InChI is InChI=1S/C21H34N2O5/c1-15(24)17-8-7-16(13-18(17)22)26-14-19(25)23-10-9-21(5,6)28-12-11-27-20(2,3)4/h7-8,13H,9-12,14,22H2,1-6H3,(H,23,25). The molecule has 0 unspecified atom stereocenters. The van der Waals surface area contributed by atoms with Gasteiger partial charge in [-0.05, 0) is 60.1 Å². The average Bonchev–Trinajstić information content (AvgIpc) is 2.55. The second-order valence-electron chi connectivity index (χ2n) is 8.26. The van der Waals surface area contributed by atoms with E-state index in [1.54, 1.807) is 18.2 Å². The predicted molar refractivity (Wildman–Crippen MR) is 110 cm³/mol. The van der Waals surface area contributed by atoms with Crippen molar-refractivity contribution in [2.75, 3.05) is 32.1 Å². The number of ketones is 1. The second-order valence-corrected chi connectivity index (χ2v) is 8.26. The fraction of sp³-hybridized carbons (Fsp3) is 0.619. The van der Waals surface area contributed by atoms with E-state index in [4.69, 9.17) is 19.9 Å². The molecule has 0 aliphatic rings. The van der Waals surface area contributed by atoms with Gasteiger partial charge in [0, 0.05) is 23.9 Å². The zero-order valence-corrected chi connectivity index (χ0v) is 17.9. The Morgan fingerprint density at radius 2 is 1.71 bits per heavy atom. The summed E-state index contributed by atoms with van der Waals surface area (Å²) < 4.78 is 16.9. The predicted octanol–water partition coefficient (Wildman–Crippen LogP) is 2.97. The SMILES string of the molecule is CC(=O)c1ccc(OCC(=O)NCCC(C)(C)OCCOC(C)(C)C)cc1N. The second kappa shape index (κ2) is 10.4. The van der Waals surface area contributed by atoms with Crippen LogP contribution >= 0.6 is 0 Å². The van der Waals surface area contributed by atoms with Crippen LogP contribution in [0.2, 0.25) is 0 Å². The molecule has 1 amide bonds. The fourth-order valence-corrected chi connectivity index (χ4v) is 2.39. The van der Waals surface area contributed by atoms with Crippen molar-refractivity contribution in [2.45, 2.75) is 59.2 Å². The number of amides is 1. The van der Waals surface area contributed by atoms with E-state index in [2.05, 4.69) is 5.32 Å². The van der Waals surface area contributed by atoms with Gasteiger partial charge in [-0.15, -0.1) is 0 Å².